The summed E-state index contributed by atoms with van der Waals surface area (Å²) >= 11 is 5.98. The highest BCUT2D eigenvalue weighted by Crippen LogP contribution is 2.65. The third-order valence-corrected chi connectivity index (χ3v) is 11.3. The molecule has 1 N–H and O–H groups in total. The molecule has 2 bridgehead atoms. The lowest BCUT2D eigenvalue weighted by Gasteiger charge is -2.42. The van der Waals surface area contributed by atoms with Gasteiger partial charge in [-0.15, -0.1) is 23.5 Å². The summed E-state index contributed by atoms with van der Waals surface area (Å²) in [5, 5.41) is 3.90. The normalized spacial score (nSPS) is 29.5. The molecule has 1 saturated heterocycles. The number of fused-ring (bicyclic) bond motifs is 1. The number of carbonyl (C=O) groups is 1. The van der Waals surface area contributed by atoms with E-state index < -0.39 is 0 Å². The van der Waals surface area contributed by atoms with Crippen LogP contribution in [-0.4, -0.2) is 26.5 Å². The van der Waals surface area contributed by atoms with Crippen molar-refractivity contribution in [1.29, 1.82) is 0 Å². The Morgan fingerprint density at radius 2 is 1.96 bits per heavy atom. The number of benzene rings is 1. The number of nitrogens with zero attached hydrogens (tertiary/aromatic N) is 1. The minimum atomic E-state index is 0.165. The van der Waals surface area contributed by atoms with Gasteiger partial charge in [0.05, 0.1) is 14.3 Å². The highest BCUT2D eigenvalue weighted by Gasteiger charge is 2.57. The molecular weight excluding hydrogens is 380 g/mol. The van der Waals surface area contributed by atoms with Gasteiger partial charge in [0, 0.05) is 17.4 Å². The Morgan fingerprint density at radius 3 is 2.65 bits per heavy atom. The van der Waals surface area contributed by atoms with Crippen molar-refractivity contribution >= 4 is 56.1 Å². The zero-order chi connectivity index (χ0) is 17.7. The number of thiazole rings is 1. The number of aryl methyl sites for hydroxylation is 1. The van der Waals surface area contributed by atoms with E-state index in [0.717, 1.165) is 41.7 Å². The van der Waals surface area contributed by atoms with E-state index in [9.17, 15) is 4.79 Å². The Balaban J connectivity index is 1.31. The first-order chi connectivity index (χ1) is 12.7. The molecule has 1 aliphatic heterocycles. The van der Waals surface area contributed by atoms with Gasteiger partial charge in [0.1, 0.15) is 0 Å². The average molecular weight is 405 g/mol. The Labute approximate surface area is 167 Å². The van der Waals surface area contributed by atoms with E-state index in [1.807, 2.05) is 0 Å². The Hall–Kier alpha value is -0.720. The maximum absolute atomic E-state index is 12.9. The molecule has 138 valence electrons. The van der Waals surface area contributed by atoms with Crippen LogP contribution in [0, 0.1) is 17.8 Å². The Kier molecular flexibility index (Phi) is 4.49. The molecule has 5 rings (SSSR count). The second kappa shape index (κ2) is 6.71. The Morgan fingerprint density at radius 1 is 1.23 bits per heavy atom. The summed E-state index contributed by atoms with van der Waals surface area (Å²) in [6.07, 6.45) is 5.78. The molecule has 3 fully saturated rings. The van der Waals surface area contributed by atoms with Gasteiger partial charge < -0.3 is 5.32 Å². The maximum Gasteiger partial charge on any atom is 0.229 e. The molecule has 3 nitrogen and oxygen atoms in total. The minimum absolute atomic E-state index is 0.165. The highest BCUT2D eigenvalue weighted by molar-refractivity contribution is 8.21. The predicted molar refractivity (Wildman–Crippen MR) is 114 cm³/mol. The number of nitrogens with one attached hydrogen (secondary N) is 1. The van der Waals surface area contributed by atoms with Gasteiger partial charge in [-0.05, 0) is 61.6 Å². The fourth-order valence-corrected chi connectivity index (χ4v) is 9.93. The molecule has 3 atom stereocenters. The van der Waals surface area contributed by atoms with Crippen LogP contribution in [-0.2, 0) is 11.2 Å². The second-order valence-electron chi connectivity index (χ2n) is 7.72. The molecule has 6 heteroatoms. The molecule has 2 aromatic rings. The van der Waals surface area contributed by atoms with Crippen LogP contribution < -0.4 is 5.32 Å². The fraction of sp³-hybridized carbons (Fsp3) is 0.600. The number of rotatable bonds is 3. The molecule has 1 amide bonds. The SMILES string of the molecule is CCc1ccc2nc(NC(=O)C3C[C@H]4CC[C@@H](C3)C43SCCS3)sc2c1. The number of aromatic nitrogens is 1. The molecule has 1 spiro atoms. The molecule has 1 aromatic carbocycles. The number of anilines is 1. The van der Waals surface area contributed by atoms with Crippen molar-refractivity contribution in [2.75, 3.05) is 16.8 Å². The van der Waals surface area contributed by atoms with Crippen LogP contribution >= 0.6 is 34.9 Å². The Bertz CT molecular complexity index is 827. The average Bonchev–Trinajstić information content (AvgIpc) is 3.31. The first-order valence-electron chi connectivity index (χ1n) is 9.66. The minimum Gasteiger partial charge on any atom is -0.302 e. The van der Waals surface area contributed by atoms with Gasteiger partial charge in [-0.25, -0.2) is 4.98 Å². The van der Waals surface area contributed by atoms with E-state index in [0.29, 0.717) is 4.08 Å². The van der Waals surface area contributed by atoms with Crippen LogP contribution in [0.2, 0.25) is 0 Å². The summed E-state index contributed by atoms with van der Waals surface area (Å²) in [6.45, 7) is 2.16. The molecule has 2 heterocycles. The quantitative estimate of drug-likeness (QED) is 0.743. The van der Waals surface area contributed by atoms with Crippen LogP contribution in [0.4, 0.5) is 5.13 Å². The summed E-state index contributed by atoms with van der Waals surface area (Å²) < 4.78 is 1.62. The van der Waals surface area contributed by atoms with Gasteiger partial charge in [-0.1, -0.05) is 24.3 Å². The zero-order valence-corrected chi connectivity index (χ0v) is 17.4. The number of thioether (sulfide) groups is 2. The van der Waals surface area contributed by atoms with Crippen molar-refractivity contribution < 1.29 is 4.79 Å². The van der Waals surface area contributed by atoms with E-state index >= 15 is 0 Å². The van der Waals surface area contributed by atoms with E-state index in [4.69, 9.17) is 0 Å². The van der Waals surface area contributed by atoms with Crippen LogP contribution in [0.3, 0.4) is 0 Å². The smallest absolute Gasteiger partial charge is 0.229 e. The first kappa shape index (κ1) is 17.4. The monoisotopic (exact) mass is 404 g/mol. The lowest BCUT2D eigenvalue weighted by Crippen LogP contribution is -2.41. The lowest BCUT2D eigenvalue weighted by atomic mass is 9.79. The lowest BCUT2D eigenvalue weighted by molar-refractivity contribution is -0.121. The van der Waals surface area contributed by atoms with Gasteiger partial charge in [0.25, 0.3) is 0 Å². The summed E-state index contributed by atoms with van der Waals surface area (Å²) in [5.74, 6) is 4.38. The first-order valence-corrected chi connectivity index (χ1v) is 12.4. The largest absolute Gasteiger partial charge is 0.302 e. The van der Waals surface area contributed by atoms with E-state index in [1.54, 1.807) is 11.3 Å². The van der Waals surface area contributed by atoms with E-state index in [2.05, 4.69) is 58.9 Å². The van der Waals surface area contributed by atoms with Crippen molar-refractivity contribution in [2.45, 2.75) is 43.1 Å². The fourth-order valence-electron chi connectivity index (χ4n) is 5.06. The van der Waals surface area contributed by atoms with Crippen molar-refractivity contribution in [3.63, 3.8) is 0 Å². The number of hydrogen-bond acceptors (Lipinski definition) is 5. The van der Waals surface area contributed by atoms with Gasteiger partial charge in [-0.2, -0.15) is 0 Å². The summed E-state index contributed by atoms with van der Waals surface area (Å²) in [4.78, 5) is 17.6. The number of amides is 1. The molecule has 1 aromatic heterocycles. The summed E-state index contributed by atoms with van der Waals surface area (Å²) in [7, 11) is 0. The van der Waals surface area contributed by atoms with Gasteiger partial charge in [0.2, 0.25) is 5.91 Å². The topological polar surface area (TPSA) is 42.0 Å². The summed E-state index contributed by atoms with van der Waals surface area (Å²) in [6, 6.07) is 6.39. The predicted octanol–water partition coefficient (Wildman–Crippen LogP) is 5.41. The van der Waals surface area contributed by atoms with Crippen molar-refractivity contribution in [3.05, 3.63) is 23.8 Å². The molecule has 1 unspecified atom stereocenters. The number of hydrogen-bond donors (Lipinski definition) is 1. The third-order valence-electron chi connectivity index (χ3n) is 6.34. The maximum atomic E-state index is 12.9. The van der Waals surface area contributed by atoms with Crippen molar-refractivity contribution in [1.82, 2.24) is 4.98 Å². The summed E-state index contributed by atoms with van der Waals surface area (Å²) in [5.41, 5.74) is 2.31. The second-order valence-corrected chi connectivity index (χ2v) is 11.8. The van der Waals surface area contributed by atoms with Gasteiger partial charge in [0.15, 0.2) is 5.13 Å². The third kappa shape index (κ3) is 2.80. The molecule has 2 saturated carbocycles. The molecule has 3 aliphatic rings. The van der Waals surface area contributed by atoms with Crippen LogP contribution in [0.5, 0.6) is 0 Å². The molecule has 26 heavy (non-hydrogen) atoms. The van der Waals surface area contributed by atoms with E-state index in [1.165, 1.54) is 34.6 Å². The van der Waals surface area contributed by atoms with Gasteiger partial charge in [-0.3, -0.25) is 4.79 Å². The molecule has 0 radical (unpaired) electrons. The van der Waals surface area contributed by atoms with Crippen LogP contribution in [0.25, 0.3) is 10.2 Å². The van der Waals surface area contributed by atoms with Gasteiger partial charge >= 0.3 is 0 Å². The molecular formula is C20H24N2OS3. The van der Waals surface area contributed by atoms with Crippen molar-refractivity contribution in [3.8, 4) is 0 Å². The van der Waals surface area contributed by atoms with Crippen molar-refractivity contribution in [2.24, 2.45) is 17.8 Å². The standard InChI is InChI=1S/C20H24N2OS3/c1-2-12-3-6-16-17(9-12)26-19(21-16)22-18(23)13-10-14-4-5-15(11-13)20(14)24-7-8-25-20/h3,6,9,13-15H,2,4-5,7-8,10-11H2,1H3,(H,21,22,23)/t13?,14-,15+. The van der Waals surface area contributed by atoms with Crippen LogP contribution in [0.1, 0.15) is 38.2 Å². The number of carbonyl (C=O) groups excluding carboxylic acids is 1. The zero-order valence-electron chi connectivity index (χ0n) is 15.0. The highest BCUT2D eigenvalue weighted by atomic mass is 32.2. The van der Waals surface area contributed by atoms with E-state index in [-0.39, 0.29) is 11.8 Å². The molecule has 2 aliphatic carbocycles. The van der Waals surface area contributed by atoms with Crippen LogP contribution in [0.15, 0.2) is 18.2 Å².